The average molecular weight is 247 g/mol. The number of carbonyl (C=O) groups is 1. The molecule has 0 spiro atoms. The van der Waals surface area contributed by atoms with Crippen molar-refractivity contribution >= 4 is 11.6 Å². The number of hydrogen-bond donors (Lipinski definition) is 1. The minimum atomic E-state index is 0.167. The van der Waals surface area contributed by atoms with Crippen LogP contribution in [0.3, 0.4) is 0 Å². The zero-order valence-corrected chi connectivity index (χ0v) is 10.8. The molecule has 4 heteroatoms. The Morgan fingerprint density at radius 3 is 2.44 bits per heavy atom. The molecule has 1 saturated carbocycles. The van der Waals surface area contributed by atoms with Crippen LogP contribution >= 0.6 is 0 Å². The lowest BCUT2D eigenvalue weighted by atomic mass is 10.2. The number of nitrogen functional groups attached to an aromatic ring is 1. The van der Waals surface area contributed by atoms with Crippen LogP contribution in [0.5, 0.6) is 0 Å². The molecule has 2 heterocycles. The second kappa shape index (κ2) is 4.67. The molecule has 3 rings (SSSR count). The lowest BCUT2D eigenvalue weighted by Crippen LogP contribution is -2.33. The Kier molecular flexibility index (Phi) is 3.02. The second-order valence-corrected chi connectivity index (χ2v) is 5.50. The third-order valence-corrected chi connectivity index (χ3v) is 3.92. The number of anilines is 1. The lowest BCUT2D eigenvalue weighted by Gasteiger charge is -2.21. The summed E-state index contributed by atoms with van der Waals surface area (Å²) in [6.07, 6.45) is 9.02. The van der Waals surface area contributed by atoms with E-state index >= 15 is 0 Å². The van der Waals surface area contributed by atoms with Gasteiger partial charge in [0.1, 0.15) is 5.69 Å². The highest BCUT2D eigenvalue weighted by Crippen LogP contribution is 2.37. The van der Waals surface area contributed by atoms with Gasteiger partial charge < -0.3 is 15.2 Å². The Hall–Kier alpha value is -1.45. The van der Waals surface area contributed by atoms with Crippen LogP contribution in [0.2, 0.25) is 0 Å². The quantitative estimate of drug-likeness (QED) is 0.872. The van der Waals surface area contributed by atoms with E-state index in [2.05, 4.69) is 4.57 Å². The monoisotopic (exact) mass is 247 g/mol. The predicted octanol–water partition coefficient (Wildman–Crippen LogP) is 2.42. The van der Waals surface area contributed by atoms with Gasteiger partial charge in [0.05, 0.1) is 5.69 Å². The van der Waals surface area contributed by atoms with E-state index in [9.17, 15) is 4.79 Å². The van der Waals surface area contributed by atoms with Gasteiger partial charge in [-0.05, 0) is 31.7 Å². The Labute approximate surface area is 108 Å². The largest absolute Gasteiger partial charge is 0.397 e. The normalized spacial score (nSPS) is 20.8. The van der Waals surface area contributed by atoms with Gasteiger partial charge >= 0.3 is 0 Å². The summed E-state index contributed by atoms with van der Waals surface area (Å²) in [6, 6.07) is 2.35. The molecule has 1 aliphatic carbocycles. The molecule has 2 fully saturated rings. The van der Waals surface area contributed by atoms with E-state index in [-0.39, 0.29) is 5.91 Å². The van der Waals surface area contributed by atoms with E-state index in [1.54, 1.807) is 0 Å². The number of hydrogen-bond acceptors (Lipinski definition) is 2. The van der Waals surface area contributed by atoms with Crippen LogP contribution in [0.15, 0.2) is 12.3 Å². The molecule has 1 aliphatic heterocycles. The van der Waals surface area contributed by atoms with Crippen molar-refractivity contribution in [1.82, 2.24) is 9.47 Å². The van der Waals surface area contributed by atoms with Gasteiger partial charge in [0.2, 0.25) is 0 Å². The third-order valence-electron chi connectivity index (χ3n) is 3.92. The molecular weight excluding hydrogens is 226 g/mol. The number of rotatable bonds is 2. The molecule has 98 valence electrons. The molecule has 4 nitrogen and oxygen atoms in total. The summed E-state index contributed by atoms with van der Waals surface area (Å²) in [5.41, 5.74) is 7.35. The Morgan fingerprint density at radius 1 is 1.17 bits per heavy atom. The first-order valence-corrected chi connectivity index (χ1v) is 7.02. The van der Waals surface area contributed by atoms with E-state index in [1.807, 2.05) is 17.2 Å². The maximum absolute atomic E-state index is 12.6. The molecule has 18 heavy (non-hydrogen) atoms. The predicted molar refractivity (Wildman–Crippen MR) is 71.5 cm³/mol. The molecule has 1 aromatic heterocycles. The maximum Gasteiger partial charge on any atom is 0.270 e. The Balaban J connectivity index is 1.82. The highest BCUT2D eigenvalue weighted by atomic mass is 16.2. The van der Waals surface area contributed by atoms with Crippen molar-refractivity contribution in [3.05, 3.63) is 18.0 Å². The average Bonchev–Trinajstić information content (AvgIpc) is 3.16. The number of nitrogens with two attached hydrogens (primary N) is 1. The third kappa shape index (κ3) is 2.24. The topological polar surface area (TPSA) is 51.3 Å². The fraction of sp³-hybridized carbons (Fsp3) is 0.643. The van der Waals surface area contributed by atoms with E-state index in [1.165, 1.54) is 25.7 Å². The SMILES string of the molecule is Nc1cc(C(=O)N2CCCCCC2)n(C2CC2)c1. The maximum atomic E-state index is 12.6. The van der Waals surface area contributed by atoms with Gasteiger partial charge in [-0.3, -0.25) is 4.79 Å². The lowest BCUT2D eigenvalue weighted by molar-refractivity contribution is 0.0750. The van der Waals surface area contributed by atoms with E-state index < -0.39 is 0 Å². The van der Waals surface area contributed by atoms with Crippen molar-refractivity contribution in [3.63, 3.8) is 0 Å². The highest BCUT2D eigenvalue weighted by molar-refractivity contribution is 5.94. The van der Waals surface area contributed by atoms with Crippen LogP contribution in [0.25, 0.3) is 0 Å². The van der Waals surface area contributed by atoms with Crippen LogP contribution in [-0.4, -0.2) is 28.5 Å². The summed E-state index contributed by atoms with van der Waals surface area (Å²) in [5.74, 6) is 0.167. The molecular formula is C14H21N3O. The molecule has 2 aliphatic rings. The summed E-state index contributed by atoms with van der Waals surface area (Å²) < 4.78 is 2.09. The molecule has 0 atom stereocenters. The summed E-state index contributed by atoms with van der Waals surface area (Å²) in [6.45, 7) is 1.79. The van der Waals surface area contributed by atoms with Crippen molar-refractivity contribution in [3.8, 4) is 0 Å². The first kappa shape index (κ1) is 11.6. The van der Waals surface area contributed by atoms with Crippen LogP contribution in [0.4, 0.5) is 5.69 Å². The van der Waals surface area contributed by atoms with Crippen LogP contribution in [-0.2, 0) is 0 Å². The second-order valence-electron chi connectivity index (χ2n) is 5.50. The van der Waals surface area contributed by atoms with Gasteiger partial charge in [0, 0.05) is 25.3 Å². The number of likely N-dealkylation sites (tertiary alicyclic amines) is 1. The molecule has 1 amide bonds. The Bertz CT molecular complexity index is 440. The van der Waals surface area contributed by atoms with Crippen molar-refractivity contribution in [1.29, 1.82) is 0 Å². The fourth-order valence-corrected chi connectivity index (χ4v) is 2.76. The van der Waals surface area contributed by atoms with Gasteiger partial charge in [0.25, 0.3) is 5.91 Å². The molecule has 0 aromatic carbocycles. The first-order chi connectivity index (χ1) is 8.75. The van der Waals surface area contributed by atoms with Gasteiger partial charge in [-0.2, -0.15) is 0 Å². The standard InChI is InChI=1S/C14H21N3O/c15-11-9-13(17(10-11)12-5-6-12)14(18)16-7-3-1-2-4-8-16/h9-10,12H,1-8,15H2. The fourth-order valence-electron chi connectivity index (χ4n) is 2.76. The summed E-state index contributed by atoms with van der Waals surface area (Å²) in [4.78, 5) is 14.6. The van der Waals surface area contributed by atoms with Crippen LogP contribution in [0, 0.1) is 0 Å². The van der Waals surface area contributed by atoms with Gasteiger partial charge in [-0.25, -0.2) is 0 Å². The smallest absolute Gasteiger partial charge is 0.270 e. The number of nitrogens with zero attached hydrogens (tertiary/aromatic N) is 2. The summed E-state index contributed by atoms with van der Waals surface area (Å²) in [5, 5.41) is 0. The van der Waals surface area contributed by atoms with E-state index in [0.29, 0.717) is 11.7 Å². The summed E-state index contributed by atoms with van der Waals surface area (Å²) >= 11 is 0. The summed E-state index contributed by atoms with van der Waals surface area (Å²) in [7, 11) is 0. The van der Waals surface area contributed by atoms with E-state index in [4.69, 9.17) is 5.73 Å². The number of aromatic nitrogens is 1. The zero-order chi connectivity index (χ0) is 12.5. The molecule has 2 N–H and O–H groups in total. The van der Waals surface area contributed by atoms with Gasteiger partial charge in [0.15, 0.2) is 0 Å². The van der Waals surface area contributed by atoms with Crippen LogP contribution in [0.1, 0.15) is 55.1 Å². The van der Waals surface area contributed by atoms with Gasteiger partial charge in [-0.1, -0.05) is 12.8 Å². The highest BCUT2D eigenvalue weighted by Gasteiger charge is 2.29. The van der Waals surface area contributed by atoms with Crippen LogP contribution < -0.4 is 5.73 Å². The molecule has 1 aromatic rings. The van der Waals surface area contributed by atoms with Crippen molar-refractivity contribution in [2.75, 3.05) is 18.8 Å². The van der Waals surface area contributed by atoms with Crippen molar-refractivity contribution in [2.45, 2.75) is 44.6 Å². The van der Waals surface area contributed by atoms with Gasteiger partial charge in [-0.15, -0.1) is 0 Å². The van der Waals surface area contributed by atoms with E-state index in [0.717, 1.165) is 31.6 Å². The molecule has 0 radical (unpaired) electrons. The minimum Gasteiger partial charge on any atom is -0.397 e. The first-order valence-electron chi connectivity index (χ1n) is 7.02. The zero-order valence-electron chi connectivity index (χ0n) is 10.8. The molecule has 0 bridgehead atoms. The minimum absolute atomic E-state index is 0.167. The van der Waals surface area contributed by atoms with Crippen molar-refractivity contribution in [2.24, 2.45) is 0 Å². The molecule has 0 unspecified atom stereocenters. The Morgan fingerprint density at radius 2 is 1.83 bits per heavy atom. The molecule has 1 saturated heterocycles. The number of carbonyl (C=O) groups excluding carboxylic acids is 1. The van der Waals surface area contributed by atoms with Crippen molar-refractivity contribution < 1.29 is 4.79 Å². The number of amides is 1.